The van der Waals surface area contributed by atoms with Crippen LogP contribution in [0.1, 0.15) is 21.8 Å². The van der Waals surface area contributed by atoms with E-state index in [1.165, 1.54) is 0 Å². The minimum atomic E-state index is -1.18. The molecule has 0 amide bonds. The number of carboxylic acids is 1. The fourth-order valence-electron chi connectivity index (χ4n) is 1.43. The molecule has 1 N–H and O–H groups in total. The van der Waals surface area contributed by atoms with Crippen LogP contribution in [0.4, 0.5) is 4.39 Å². The lowest BCUT2D eigenvalue weighted by atomic mass is 10.2. The Hall–Kier alpha value is -2.37. The van der Waals surface area contributed by atoms with Gasteiger partial charge in [0.2, 0.25) is 0 Å². The van der Waals surface area contributed by atoms with E-state index < -0.39 is 11.8 Å². The summed E-state index contributed by atoms with van der Waals surface area (Å²) >= 11 is 0. The molecule has 2 aromatic rings. The molecule has 0 aliphatic heterocycles. The maximum atomic E-state index is 13.0. The molecule has 0 saturated carbocycles. The molecule has 1 aromatic heterocycles. The van der Waals surface area contributed by atoms with Crippen LogP contribution in [0.25, 0.3) is 0 Å². The predicted molar refractivity (Wildman–Crippen MR) is 58.9 cm³/mol. The first-order valence-corrected chi connectivity index (χ1v) is 5.14. The predicted octanol–water partition coefficient (Wildman–Crippen LogP) is 2.40. The molecule has 1 aromatic carbocycles. The average molecular weight is 251 g/mol. The highest BCUT2D eigenvalue weighted by atomic mass is 19.1. The molecular weight excluding hydrogens is 241 g/mol. The van der Waals surface area contributed by atoms with Gasteiger partial charge in [0.25, 0.3) is 0 Å². The van der Waals surface area contributed by atoms with Crippen LogP contribution in [0.15, 0.2) is 28.8 Å². The van der Waals surface area contributed by atoms with Crippen LogP contribution >= 0.6 is 0 Å². The van der Waals surface area contributed by atoms with E-state index in [9.17, 15) is 9.18 Å². The van der Waals surface area contributed by atoms with Crippen molar-refractivity contribution in [3.63, 3.8) is 0 Å². The van der Waals surface area contributed by atoms with E-state index in [-0.39, 0.29) is 17.9 Å². The van der Waals surface area contributed by atoms with Crippen molar-refractivity contribution in [3.8, 4) is 5.75 Å². The first kappa shape index (κ1) is 12.1. The van der Waals surface area contributed by atoms with Crippen molar-refractivity contribution in [1.29, 1.82) is 0 Å². The SMILES string of the molecule is Cc1cc(COc2cc(F)ccc2C(=O)O)on1. The van der Waals surface area contributed by atoms with Crippen molar-refractivity contribution in [2.75, 3.05) is 0 Å². The van der Waals surface area contributed by atoms with Crippen LogP contribution in [0.5, 0.6) is 5.75 Å². The van der Waals surface area contributed by atoms with Crippen LogP contribution in [0.3, 0.4) is 0 Å². The molecule has 1 heterocycles. The van der Waals surface area contributed by atoms with E-state index in [0.29, 0.717) is 11.5 Å². The number of hydrogen-bond donors (Lipinski definition) is 1. The van der Waals surface area contributed by atoms with E-state index in [1.54, 1.807) is 13.0 Å². The van der Waals surface area contributed by atoms with Gasteiger partial charge in [-0.05, 0) is 19.1 Å². The molecule has 0 spiro atoms. The Balaban J connectivity index is 2.17. The highest BCUT2D eigenvalue weighted by Crippen LogP contribution is 2.21. The molecule has 0 atom stereocenters. The van der Waals surface area contributed by atoms with Crippen LogP contribution in [0.2, 0.25) is 0 Å². The molecule has 0 unspecified atom stereocenters. The van der Waals surface area contributed by atoms with Gasteiger partial charge >= 0.3 is 5.97 Å². The third-order valence-electron chi connectivity index (χ3n) is 2.22. The molecule has 0 saturated heterocycles. The Morgan fingerprint density at radius 2 is 2.28 bits per heavy atom. The highest BCUT2D eigenvalue weighted by molar-refractivity contribution is 5.90. The monoisotopic (exact) mass is 251 g/mol. The first-order chi connectivity index (χ1) is 8.56. The molecule has 2 rings (SSSR count). The lowest BCUT2D eigenvalue weighted by molar-refractivity contribution is 0.0691. The summed E-state index contributed by atoms with van der Waals surface area (Å²) in [4.78, 5) is 10.9. The fraction of sp³-hybridized carbons (Fsp3) is 0.167. The zero-order valence-electron chi connectivity index (χ0n) is 9.51. The minimum absolute atomic E-state index is 0.00935. The standard InChI is InChI=1S/C12H10FNO4/c1-7-4-9(18-14-7)6-17-11-5-8(13)2-3-10(11)12(15)16/h2-5H,6H2,1H3,(H,15,16). The summed E-state index contributed by atoms with van der Waals surface area (Å²) in [5.41, 5.74) is 0.582. The zero-order valence-corrected chi connectivity index (χ0v) is 9.51. The lowest BCUT2D eigenvalue weighted by Gasteiger charge is -2.07. The van der Waals surface area contributed by atoms with E-state index >= 15 is 0 Å². The smallest absolute Gasteiger partial charge is 0.339 e. The van der Waals surface area contributed by atoms with Crippen LogP contribution in [-0.4, -0.2) is 16.2 Å². The summed E-state index contributed by atoms with van der Waals surface area (Å²) in [7, 11) is 0. The van der Waals surface area contributed by atoms with E-state index in [2.05, 4.69) is 5.16 Å². The fourth-order valence-corrected chi connectivity index (χ4v) is 1.43. The van der Waals surface area contributed by atoms with Crippen LogP contribution < -0.4 is 4.74 Å². The summed E-state index contributed by atoms with van der Waals surface area (Å²) < 4.78 is 23.2. The summed E-state index contributed by atoms with van der Waals surface area (Å²) in [6.45, 7) is 1.74. The number of nitrogens with zero attached hydrogens (tertiary/aromatic N) is 1. The highest BCUT2D eigenvalue weighted by Gasteiger charge is 2.13. The number of rotatable bonds is 4. The minimum Gasteiger partial charge on any atom is -0.485 e. The Labute approximate surface area is 102 Å². The quantitative estimate of drug-likeness (QED) is 0.903. The number of aromatic carboxylic acids is 1. The summed E-state index contributed by atoms with van der Waals surface area (Å²) in [6, 6.07) is 4.89. The molecular formula is C12H10FNO4. The van der Waals surface area contributed by atoms with Crippen molar-refractivity contribution in [1.82, 2.24) is 5.16 Å². The molecule has 18 heavy (non-hydrogen) atoms. The van der Waals surface area contributed by atoms with Gasteiger partial charge in [-0.1, -0.05) is 5.16 Å². The van der Waals surface area contributed by atoms with Crippen molar-refractivity contribution < 1.29 is 23.6 Å². The molecule has 94 valence electrons. The molecule has 0 aliphatic carbocycles. The lowest BCUT2D eigenvalue weighted by Crippen LogP contribution is -2.03. The average Bonchev–Trinajstić information content (AvgIpc) is 2.72. The third kappa shape index (κ3) is 2.65. The van der Waals surface area contributed by atoms with Crippen LogP contribution in [-0.2, 0) is 6.61 Å². The Kier molecular flexibility index (Phi) is 3.27. The maximum Gasteiger partial charge on any atom is 0.339 e. The van der Waals surface area contributed by atoms with E-state index in [4.69, 9.17) is 14.4 Å². The van der Waals surface area contributed by atoms with Gasteiger partial charge < -0.3 is 14.4 Å². The molecule has 5 nitrogen and oxygen atoms in total. The summed E-state index contributed by atoms with van der Waals surface area (Å²) in [5, 5.41) is 12.6. The second-order valence-electron chi connectivity index (χ2n) is 3.67. The Bertz CT molecular complexity index is 579. The van der Waals surface area contributed by atoms with Gasteiger partial charge in [-0.3, -0.25) is 0 Å². The summed E-state index contributed by atoms with van der Waals surface area (Å²) in [6.07, 6.45) is 0. The number of aromatic nitrogens is 1. The molecule has 0 radical (unpaired) electrons. The van der Waals surface area contributed by atoms with E-state index in [0.717, 1.165) is 18.2 Å². The second kappa shape index (κ2) is 4.87. The van der Waals surface area contributed by atoms with Crippen molar-refractivity contribution in [3.05, 3.63) is 47.1 Å². The Morgan fingerprint density at radius 1 is 1.50 bits per heavy atom. The second-order valence-corrected chi connectivity index (χ2v) is 3.67. The molecule has 6 heteroatoms. The number of hydrogen-bond acceptors (Lipinski definition) is 4. The van der Waals surface area contributed by atoms with Gasteiger partial charge in [0.05, 0.1) is 5.69 Å². The third-order valence-corrected chi connectivity index (χ3v) is 2.22. The number of aryl methyl sites for hydroxylation is 1. The van der Waals surface area contributed by atoms with Crippen molar-refractivity contribution in [2.45, 2.75) is 13.5 Å². The van der Waals surface area contributed by atoms with Gasteiger partial charge in [-0.15, -0.1) is 0 Å². The van der Waals surface area contributed by atoms with Gasteiger partial charge in [0.1, 0.15) is 23.7 Å². The number of carbonyl (C=O) groups is 1. The molecule has 0 fully saturated rings. The number of ether oxygens (including phenoxy) is 1. The van der Waals surface area contributed by atoms with Crippen molar-refractivity contribution >= 4 is 5.97 Å². The molecule has 0 aliphatic rings. The maximum absolute atomic E-state index is 13.0. The van der Waals surface area contributed by atoms with Gasteiger partial charge in [-0.25, -0.2) is 9.18 Å². The largest absolute Gasteiger partial charge is 0.485 e. The number of halogens is 1. The van der Waals surface area contributed by atoms with Gasteiger partial charge in [0.15, 0.2) is 5.76 Å². The molecule has 0 bridgehead atoms. The van der Waals surface area contributed by atoms with E-state index in [1.807, 2.05) is 0 Å². The first-order valence-electron chi connectivity index (χ1n) is 5.14. The Morgan fingerprint density at radius 3 is 2.89 bits per heavy atom. The number of benzene rings is 1. The zero-order chi connectivity index (χ0) is 13.1. The van der Waals surface area contributed by atoms with Gasteiger partial charge in [0, 0.05) is 12.1 Å². The van der Waals surface area contributed by atoms with Gasteiger partial charge in [-0.2, -0.15) is 0 Å². The van der Waals surface area contributed by atoms with Crippen molar-refractivity contribution in [2.24, 2.45) is 0 Å². The summed E-state index contributed by atoms with van der Waals surface area (Å²) in [5.74, 6) is -1.35. The number of carboxylic acid groups (broad SMARTS) is 1. The topological polar surface area (TPSA) is 72.6 Å². The van der Waals surface area contributed by atoms with Crippen LogP contribution in [0, 0.1) is 12.7 Å². The normalized spacial score (nSPS) is 10.3.